The minimum Gasteiger partial charge on any atom is -0.394 e. The fourth-order valence-electron chi connectivity index (χ4n) is 5.34. The number of aromatic nitrogens is 2. The molecule has 1 aliphatic heterocycles. The lowest BCUT2D eigenvalue weighted by molar-refractivity contribution is -0.0183. The van der Waals surface area contributed by atoms with Crippen LogP contribution in [0.25, 0.3) is 11.0 Å². The molecule has 1 atom stereocenters. The van der Waals surface area contributed by atoms with Gasteiger partial charge >= 0.3 is 0 Å². The highest BCUT2D eigenvalue weighted by atomic mass is 16.5. The highest BCUT2D eigenvalue weighted by Gasteiger charge is 2.30. The van der Waals surface area contributed by atoms with Crippen molar-refractivity contribution in [3.8, 4) is 0 Å². The molecule has 6 nitrogen and oxygen atoms in total. The van der Waals surface area contributed by atoms with E-state index in [1.165, 1.54) is 31.2 Å². The minimum atomic E-state index is -0.299. The first-order valence-electron chi connectivity index (χ1n) is 11.7. The molecule has 2 aromatic heterocycles. The molecule has 0 bridgehead atoms. The van der Waals surface area contributed by atoms with E-state index in [1.54, 1.807) is 11.1 Å². The number of ether oxygens (including phenoxy) is 1. The van der Waals surface area contributed by atoms with Gasteiger partial charge in [-0.2, -0.15) is 0 Å². The van der Waals surface area contributed by atoms with Crippen LogP contribution in [-0.2, 0) is 11.3 Å². The van der Waals surface area contributed by atoms with Gasteiger partial charge in [-0.1, -0.05) is 30.3 Å². The zero-order chi connectivity index (χ0) is 21.9. The monoisotopic (exact) mass is 433 g/mol. The van der Waals surface area contributed by atoms with Crippen molar-refractivity contribution < 1.29 is 14.6 Å². The van der Waals surface area contributed by atoms with Crippen LogP contribution < -0.4 is 0 Å². The van der Waals surface area contributed by atoms with Crippen molar-refractivity contribution in [1.29, 1.82) is 0 Å². The Morgan fingerprint density at radius 1 is 1.09 bits per heavy atom. The summed E-state index contributed by atoms with van der Waals surface area (Å²) in [5, 5.41) is 9.70. The van der Waals surface area contributed by atoms with Crippen molar-refractivity contribution in [2.24, 2.45) is 5.92 Å². The number of carbonyl (C=O) groups excluding carboxylic acids is 1. The zero-order valence-electron chi connectivity index (χ0n) is 18.4. The second-order valence-electron chi connectivity index (χ2n) is 9.10. The lowest BCUT2D eigenvalue weighted by Gasteiger charge is -2.34. The quantitative estimate of drug-likeness (QED) is 0.664. The molecule has 1 N–H and O–H groups in total. The van der Waals surface area contributed by atoms with Gasteiger partial charge < -0.3 is 19.3 Å². The number of nitrogens with zero attached hydrogens (tertiary/aromatic N) is 3. The largest absolute Gasteiger partial charge is 0.394 e. The lowest BCUT2D eigenvalue weighted by Crippen LogP contribution is -2.50. The fraction of sp³-hybridized carbons (Fsp3) is 0.462. The molecule has 1 aliphatic carbocycles. The molecule has 1 saturated carbocycles. The van der Waals surface area contributed by atoms with Crippen LogP contribution in [0.15, 0.2) is 54.9 Å². The Labute approximate surface area is 188 Å². The number of morpholine rings is 1. The number of fused-ring (bicyclic) bond motifs is 1. The van der Waals surface area contributed by atoms with Crippen LogP contribution in [0.5, 0.6) is 0 Å². The third-order valence-electron chi connectivity index (χ3n) is 7.14. The van der Waals surface area contributed by atoms with Crippen LogP contribution in [0.1, 0.15) is 47.5 Å². The van der Waals surface area contributed by atoms with Crippen molar-refractivity contribution >= 4 is 16.9 Å². The SMILES string of the molecule is O=C(c1cn(CC2CCC(c3ccccc3)CC2)c2cccnc12)N1CCOCC1CO. The molecule has 1 aromatic carbocycles. The van der Waals surface area contributed by atoms with Gasteiger partial charge in [-0.25, -0.2) is 0 Å². The number of amides is 1. The number of pyridine rings is 1. The maximum absolute atomic E-state index is 13.4. The van der Waals surface area contributed by atoms with E-state index in [2.05, 4.69) is 45.9 Å². The molecule has 32 heavy (non-hydrogen) atoms. The molecule has 5 rings (SSSR count). The Morgan fingerprint density at radius 2 is 1.91 bits per heavy atom. The van der Waals surface area contributed by atoms with Gasteiger partial charge in [0.1, 0.15) is 5.52 Å². The van der Waals surface area contributed by atoms with Gasteiger partial charge in [-0.15, -0.1) is 0 Å². The normalized spacial score (nSPS) is 24.0. The van der Waals surface area contributed by atoms with E-state index in [9.17, 15) is 9.90 Å². The van der Waals surface area contributed by atoms with E-state index >= 15 is 0 Å². The summed E-state index contributed by atoms with van der Waals surface area (Å²) in [5.74, 6) is 1.19. The Kier molecular flexibility index (Phi) is 6.23. The second-order valence-corrected chi connectivity index (χ2v) is 9.10. The molecule has 6 heteroatoms. The van der Waals surface area contributed by atoms with Crippen LogP contribution in [0.4, 0.5) is 0 Å². The average Bonchev–Trinajstić information content (AvgIpc) is 3.23. The summed E-state index contributed by atoms with van der Waals surface area (Å²) < 4.78 is 7.67. The summed E-state index contributed by atoms with van der Waals surface area (Å²) in [6, 6.07) is 14.5. The molecule has 0 spiro atoms. The average molecular weight is 434 g/mol. The molecule has 2 fully saturated rings. The van der Waals surface area contributed by atoms with Crippen molar-refractivity contribution in [1.82, 2.24) is 14.5 Å². The van der Waals surface area contributed by atoms with E-state index in [0.717, 1.165) is 17.6 Å². The Bertz CT molecular complexity index is 1060. The smallest absolute Gasteiger partial charge is 0.258 e. The summed E-state index contributed by atoms with van der Waals surface area (Å²) in [5.41, 5.74) is 3.84. The molecule has 1 saturated heterocycles. The highest BCUT2D eigenvalue weighted by molar-refractivity contribution is 6.05. The van der Waals surface area contributed by atoms with Crippen LogP contribution in [0, 0.1) is 5.92 Å². The molecule has 0 radical (unpaired) electrons. The molecule has 168 valence electrons. The third-order valence-corrected chi connectivity index (χ3v) is 7.14. The van der Waals surface area contributed by atoms with Gasteiger partial charge in [0.2, 0.25) is 0 Å². The summed E-state index contributed by atoms with van der Waals surface area (Å²) >= 11 is 0. The van der Waals surface area contributed by atoms with Crippen LogP contribution in [-0.4, -0.2) is 57.9 Å². The Morgan fingerprint density at radius 3 is 2.69 bits per heavy atom. The van der Waals surface area contributed by atoms with Crippen LogP contribution >= 0.6 is 0 Å². The summed E-state index contributed by atoms with van der Waals surface area (Å²) in [7, 11) is 0. The predicted octanol–water partition coefficient (Wildman–Crippen LogP) is 3.84. The first-order chi connectivity index (χ1) is 15.7. The summed E-state index contributed by atoms with van der Waals surface area (Å²) in [6.45, 7) is 2.18. The first kappa shape index (κ1) is 21.2. The Balaban J connectivity index is 1.34. The lowest BCUT2D eigenvalue weighted by atomic mass is 9.78. The zero-order valence-corrected chi connectivity index (χ0v) is 18.4. The second kappa shape index (κ2) is 9.43. The van der Waals surface area contributed by atoms with Crippen LogP contribution in [0.3, 0.4) is 0 Å². The molecular weight excluding hydrogens is 402 g/mol. The number of benzene rings is 1. The number of aliphatic hydroxyl groups is 1. The van der Waals surface area contributed by atoms with E-state index in [0.29, 0.717) is 37.2 Å². The van der Waals surface area contributed by atoms with Gasteiger partial charge in [-0.3, -0.25) is 9.78 Å². The van der Waals surface area contributed by atoms with Gasteiger partial charge in [0.15, 0.2) is 0 Å². The van der Waals surface area contributed by atoms with E-state index in [1.807, 2.05) is 12.3 Å². The molecule has 3 aromatic rings. The maximum Gasteiger partial charge on any atom is 0.258 e. The minimum absolute atomic E-state index is 0.0671. The number of rotatable bonds is 5. The topological polar surface area (TPSA) is 67.6 Å². The number of hydrogen-bond donors (Lipinski definition) is 1. The molecule has 1 unspecified atom stereocenters. The molecule has 3 heterocycles. The maximum atomic E-state index is 13.4. The van der Waals surface area contributed by atoms with Gasteiger partial charge in [-0.05, 0) is 55.2 Å². The van der Waals surface area contributed by atoms with Gasteiger partial charge in [0, 0.05) is 25.5 Å². The molecular formula is C26H31N3O3. The third kappa shape index (κ3) is 4.17. The summed E-state index contributed by atoms with van der Waals surface area (Å²) in [4.78, 5) is 19.7. The molecule has 2 aliphatic rings. The number of carbonyl (C=O) groups is 1. The van der Waals surface area contributed by atoms with E-state index in [-0.39, 0.29) is 18.6 Å². The van der Waals surface area contributed by atoms with Crippen molar-refractivity contribution in [2.45, 2.75) is 44.2 Å². The van der Waals surface area contributed by atoms with Gasteiger partial charge in [0.25, 0.3) is 5.91 Å². The van der Waals surface area contributed by atoms with E-state index < -0.39 is 0 Å². The van der Waals surface area contributed by atoms with Crippen molar-refractivity contribution in [3.63, 3.8) is 0 Å². The fourth-order valence-corrected chi connectivity index (χ4v) is 5.34. The highest BCUT2D eigenvalue weighted by Crippen LogP contribution is 2.37. The Hall–Kier alpha value is -2.70. The van der Waals surface area contributed by atoms with Crippen molar-refractivity contribution in [3.05, 3.63) is 66.0 Å². The first-order valence-corrected chi connectivity index (χ1v) is 11.7. The number of aliphatic hydroxyl groups excluding tert-OH is 1. The summed E-state index contributed by atoms with van der Waals surface area (Å²) in [6.07, 6.45) is 8.54. The number of hydrogen-bond acceptors (Lipinski definition) is 4. The van der Waals surface area contributed by atoms with Gasteiger partial charge in [0.05, 0.1) is 36.9 Å². The molecule has 1 amide bonds. The van der Waals surface area contributed by atoms with Crippen LogP contribution in [0.2, 0.25) is 0 Å². The van der Waals surface area contributed by atoms with E-state index in [4.69, 9.17) is 4.74 Å². The van der Waals surface area contributed by atoms with Crippen molar-refractivity contribution in [2.75, 3.05) is 26.4 Å². The standard InChI is InChI=1S/C26H31N3O3/c30-17-22-18-32-14-13-29(22)26(31)23-16-28(24-7-4-12-27-25(23)24)15-19-8-10-21(11-9-19)20-5-2-1-3-6-20/h1-7,12,16,19,21-22,30H,8-11,13-15,17-18H2. The predicted molar refractivity (Wildman–Crippen MR) is 124 cm³/mol.